The average Bonchev–Trinajstić information content (AvgIpc) is 2.57. The summed E-state index contributed by atoms with van der Waals surface area (Å²) in [5.74, 6) is 0.272. The Bertz CT molecular complexity index is 774. The summed E-state index contributed by atoms with van der Waals surface area (Å²) in [6.45, 7) is 7.90. The quantitative estimate of drug-likeness (QED) is 0.684. The molecule has 2 aromatic rings. The van der Waals surface area contributed by atoms with Crippen LogP contribution in [0.2, 0.25) is 0 Å². The molecule has 0 aliphatic carbocycles. The molecule has 0 saturated heterocycles. The molecule has 0 amide bonds. The molecule has 0 radical (unpaired) electrons. The molecule has 5 nitrogen and oxygen atoms in total. The molecule has 0 bridgehead atoms. The van der Waals surface area contributed by atoms with Crippen LogP contribution in [0.4, 0.5) is 24.7 Å². The minimum Gasteiger partial charge on any atom is -0.488 e. The molecule has 27 heavy (non-hydrogen) atoms. The number of aromatic nitrogens is 2. The van der Waals surface area contributed by atoms with Crippen molar-refractivity contribution in [3.63, 3.8) is 0 Å². The zero-order valence-electron chi connectivity index (χ0n) is 16.1. The van der Waals surface area contributed by atoms with Crippen LogP contribution in [0, 0.1) is 0 Å². The van der Waals surface area contributed by atoms with E-state index in [-0.39, 0.29) is 11.8 Å². The van der Waals surface area contributed by atoms with Gasteiger partial charge >= 0.3 is 12.2 Å². The molecule has 1 aromatic carbocycles. The third-order valence-corrected chi connectivity index (χ3v) is 3.43. The van der Waals surface area contributed by atoms with Crippen molar-refractivity contribution in [2.75, 3.05) is 18.6 Å². The summed E-state index contributed by atoms with van der Waals surface area (Å²) in [6.07, 6.45) is -3.15. The van der Waals surface area contributed by atoms with Gasteiger partial charge in [-0.25, -0.2) is 4.98 Å². The normalized spacial score (nSPS) is 12.0. The highest BCUT2D eigenvalue weighted by Gasteiger charge is 2.36. The van der Waals surface area contributed by atoms with Crippen molar-refractivity contribution in [2.24, 2.45) is 0 Å². The van der Waals surface area contributed by atoms with E-state index in [0.29, 0.717) is 24.5 Å². The van der Waals surface area contributed by atoms with Crippen molar-refractivity contribution < 1.29 is 22.6 Å². The second-order valence-electron chi connectivity index (χ2n) is 7.01. The molecule has 0 aliphatic heterocycles. The maximum Gasteiger partial charge on any atom is 0.421 e. The molecule has 1 aromatic heterocycles. The smallest absolute Gasteiger partial charge is 0.421 e. The summed E-state index contributed by atoms with van der Waals surface area (Å²) in [7, 11) is 1.51. The summed E-state index contributed by atoms with van der Waals surface area (Å²) < 4.78 is 51.4. The first-order valence-electron chi connectivity index (χ1n) is 8.61. The molecule has 0 fully saturated rings. The zero-order valence-corrected chi connectivity index (χ0v) is 16.1. The molecule has 2 rings (SSSR count). The third kappa shape index (κ3) is 5.74. The van der Waals surface area contributed by atoms with E-state index in [1.165, 1.54) is 11.9 Å². The molecular weight excluding hydrogens is 359 g/mol. The van der Waals surface area contributed by atoms with Crippen LogP contribution in [-0.2, 0) is 6.18 Å². The highest BCUT2D eigenvalue weighted by molar-refractivity contribution is 5.64. The number of rotatable bonds is 6. The highest BCUT2D eigenvalue weighted by atomic mass is 19.4. The van der Waals surface area contributed by atoms with Gasteiger partial charge in [0.2, 0.25) is 0 Å². The van der Waals surface area contributed by atoms with E-state index in [9.17, 15) is 13.2 Å². The number of nitrogens with zero attached hydrogens (tertiary/aromatic N) is 3. The largest absolute Gasteiger partial charge is 0.488 e. The lowest BCUT2D eigenvalue weighted by atomic mass is 10.2. The highest BCUT2D eigenvalue weighted by Crippen LogP contribution is 2.38. The molecule has 0 spiro atoms. The van der Waals surface area contributed by atoms with Crippen LogP contribution in [0.5, 0.6) is 11.8 Å². The van der Waals surface area contributed by atoms with Crippen LogP contribution in [0.15, 0.2) is 30.5 Å². The summed E-state index contributed by atoms with van der Waals surface area (Å²) in [4.78, 5) is 9.02. The first kappa shape index (κ1) is 20.8. The second-order valence-corrected chi connectivity index (χ2v) is 7.01. The first-order valence-corrected chi connectivity index (χ1v) is 8.61. The lowest BCUT2D eigenvalue weighted by molar-refractivity contribution is -0.137. The van der Waals surface area contributed by atoms with Gasteiger partial charge in [0.15, 0.2) is 5.82 Å². The third-order valence-electron chi connectivity index (χ3n) is 3.43. The van der Waals surface area contributed by atoms with Crippen molar-refractivity contribution in [1.29, 1.82) is 0 Å². The summed E-state index contributed by atoms with van der Waals surface area (Å²) in [5.41, 5.74) is -0.858. The van der Waals surface area contributed by atoms with Gasteiger partial charge in [-0.15, -0.1) is 0 Å². The number of halogens is 3. The van der Waals surface area contributed by atoms with Gasteiger partial charge in [-0.1, -0.05) is 13.0 Å². The zero-order chi connectivity index (χ0) is 20.2. The van der Waals surface area contributed by atoms with Gasteiger partial charge in [0, 0.05) is 25.0 Å². The van der Waals surface area contributed by atoms with Crippen LogP contribution < -0.4 is 14.4 Å². The number of hydrogen-bond donors (Lipinski definition) is 0. The van der Waals surface area contributed by atoms with Crippen LogP contribution in [0.1, 0.15) is 39.7 Å². The monoisotopic (exact) mass is 383 g/mol. The Hall–Kier alpha value is -2.51. The summed E-state index contributed by atoms with van der Waals surface area (Å²) >= 11 is 0. The average molecular weight is 383 g/mol. The fourth-order valence-electron chi connectivity index (χ4n) is 2.31. The molecule has 0 atom stereocenters. The molecule has 148 valence electrons. The van der Waals surface area contributed by atoms with Crippen molar-refractivity contribution in [3.8, 4) is 11.8 Å². The van der Waals surface area contributed by atoms with E-state index in [4.69, 9.17) is 9.47 Å². The standard InChI is InChI=1S/C19H24F3N3O2/c1-6-10-26-17-23-12-15(19(20,21)22)16(24-17)25(5)13-8-7-9-14(11-13)27-18(2,3)4/h7-9,11-12H,6,10H2,1-5H3. The molecule has 0 saturated carbocycles. The Kier molecular flexibility index (Phi) is 6.18. The second kappa shape index (κ2) is 8.02. The van der Waals surface area contributed by atoms with Crippen molar-refractivity contribution in [1.82, 2.24) is 9.97 Å². The number of benzene rings is 1. The van der Waals surface area contributed by atoms with Crippen LogP contribution >= 0.6 is 0 Å². The molecule has 1 heterocycles. The Morgan fingerprint density at radius 2 is 1.85 bits per heavy atom. The van der Waals surface area contributed by atoms with Crippen molar-refractivity contribution in [3.05, 3.63) is 36.0 Å². The van der Waals surface area contributed by atoms with Crippen molar-refractivity contribution >= 4 is 11.5 Å². The summed E-state index contributed by atoms with van der Waals surface area (Å²) in [5, 5.41) is 0. The predicted molar refractivity (Wildman–Crippen MR) is 97.7 cm³/mol. The van der Waals surface area contributed by atoms with Gasteiger partial charge < -0.3 is 14.4 Å². The SMILES string of the molecule is CCCOc1ncc(C(F)(F)F)c(N(C)c2cccc(OC(C)(C)C)c2)n1. The molecule has 0 N–H and O–H groups in total. The van der Waals surface area contributed by atoms with E-state index >= 15 is 0 Å². The number of ether oxygens (including phenoxy) is 2. The summed E-state index contributed by atoms with van der Waals surface area (Å²) in [6, 6.07) is 6.73. The molecule has 8 heteroatoms. The molecule has 0 aliphatic rings. The molecular formula is C19H24F3N3O2. The lowest BCUT2D eigenvalue weighted by Crippen LogP contribution is -2.23. The van der Waals surface area contributed by atoms with Crippen LogP contribution in [-0.4, -0.2) is 29.2 Å². The Morgan fingerprint density at radius 3 is 2.44 bits per heavy atom. The number of anilines is 2. The maximum absolute atomic E-state index is 13.4. The van der Waals surface area contributed by atoms with E-state index in [0.717, 1.165) is 6.20 Å². The van der Waals surface area contributed by atoms with E-state index in [1.807, 2.05) is 27.7 Å². The number of alkyl halides is 3. The van der Waals surface area contributed by atoms with Gasteiger partial charge in [0.05, 0.1) is 6.61 Å². The lowest BCUT2D eigenvalue weighted by Gasteiger charge is -2.25. The van der Waals surface area contributed by atoms with Gasteiger partial charge in [-0.3, -0.25) is 0 Å². The van der Waals surface area contributed by atoms with E-state index in [2.05, 4.69) is 9.97 Å². The van der Waals surface area contributed by atoms with Crippen LogP contribution in [0.3, 0.4) is 0 Å². The van der Waals surface area contributed by atoms with E-state index in [1.54, 1.807) is 24.3 Å². The minimum absolute atomic E-state index is 0.0891. The minimum atomic E-state index is -4.59. The molecule has 0 unspecified atom stereocenters. The fourth-order valence-corrected chi connectivity index (χ4v) is 2.31. The Labute approximate surface area is 157 Å². The first-order chi connectivity index (χ1) is 12.5. The van der Waals surface area contributed by atoms with Crippen LogP contribution in [0.25, 0.3) is 0 Å². The Balaban J connectivity index is 2.44. The number of hydrogen-bond acceptors (Lipinski definition) is 5. The van der Waals surface area contributed by atoms with E-state index < -0.39 is 17.3 Å². The van der Waals surface area contributed by atoms with Gasteiger partial charge in [0.25, 0.3) is 0 Å². The topological polar surface area (TPSA) is 47.5 Å². The maximum atomic E-state index is 13.4. The van der Waals surface area contributed by atoms with Gasteiger partial charge in [-0.2, -0.15) is 18.2 Å². The Morgan fingerprint density at radius 1 is 1.15 bits per heavy atom. The van der Waals surface area contributed by atoms with Crippen molar-refractivity contribution in [2.45, 2.75) is 45.9 Å². The fraction of sp³-hybridized carbons (Fsp3) is 0.474. The van der Waals surface area contributed by atoms with Gasteiger partial charge in [0.1, 0.15) is 16.9 Å². The predicted octanol–water partition coefficient (Wildman–Crippen LogP) is 5.23. The van der Waals surface area contributed by atoms with Gasteiger partial charge in [-0.05, 0) is 39.3 Å².